The molecule has 3 rings (SSSR count). The Morgan fingerprint density at radius 2 is 2.27 bits per heavy atom. The van der Waals surface area contributed by atoms with Crippen molar-refractivity contribution >= 4 is 11.7 Å². The van der Waals surface area contributed by atoms with Crippen molar-refractivity contribution in [2.45, 2.75) is 45.2 Å². The summed E-state index contributed by atoms with van der Waals surface area (Å²) in [6.07, 6.45) is 7.42. The third kappa shape index (κ3) is 4.82. The van der Waals surface area contributed by atoms with E-state index in [-0.39, 0.29) is 5.91 Å². The summed E-state index contributed by atoms with van der Waals surface area (Å²) in [7, 11) is 0. The average Bonchev–Trinajstić information content (AvgIpc) is 3.31. The lowest BCUT2D eigenvalue weighted by Gasteiger charge is -2.12. The van der Waals surface area contributed by atoms with Gasteiger partial charge in [0.1, 0.15) is 11.6 Å². The molecule has 2 aromatic rings. The summed E-state index contributed by atoms with van der Waals surface area (Å²) >= 11 is 0. The number of hydrogen-bond donors (Lipinski definition) is 3. The summed E-state index contributed by atoms with van der Waals surface area (Å²) < 4.78 is 2.15. The smallest absolute Gasteiger partial charge is 0.252 e. The van der Waals surface area contributed by atoms with Gasteiger partial charge in [0.25, 0.3) is 5.91 Å². The van der Waals surface area contributed by atoms with E-state index in [0.29, 0.717) is 24.1 Å². The van der Waals surface area contributed by atoms with Crippen LogP contribution in [0.2, 0.25) is 0 Å². The standard InChI is InChI=1S/C19H28N6O/c1-14(2)18-21-9-11-25(18)10-3-7-22-19(26)15-4-5-17(23-12-15)24-16-6-8-20-13-16/h4-5,9,11-12,14,16,20H,3,6-8,10,13H2,1-2H3,(H,22,26)(H,23,24)/t16-/m1/s1. The zero-order valence-electron chi connectivity index (χ0n) is 15.5. The van der Waals surface area contributed by atoms with Gasteiger partial charge in [-0.05, 0) is 31.5 Å². The van der Waals surface area contributed by atoms with E-state index in [0.717, 1.165) is 44.1 Å². The molecule has 0 aromatic carbocycles. The van der Waals surface area contributed by atoms with Crippen LogP contribution in [0.1, 0.15) is 48.8 Å². The molecule has 0 saturated carbocycles. The Hall–Kier alpha value is -2.41. The molecule has 0 spiro atoms. The molecule has 26 heavy (non-hydrogen) atoms. The first-order chi connectivity index (χ1) is 12.6. The first kappa shape index (κ1) is 18.4. The Balaban J connectivity index is 1.42. The van der Waals surface area contributed by atoms with Gasteiger partial charge in [0.2, 0.25) is 0 Å². The van der Waals surface area contributed by atoms with E-state index >= 15 is 0 Å². The molecule has 2 aromatic heterocycles. The van der Waals surface area contributed by atoms with Gasteiger partial charge in [-0.3, -0.25) is 4.79 Å². The maximum Gasteiger partial charge on any atom is 0.252 e. The van der Waals surface area contributed by atoms with Crippen LogP contribution in [0.15, 0.2) is 30.7 Å². The van der Waals surface area contributed by atoms with Gasteiger partial charge in [-0.25, -0.2) is 9.97 Å². The summed E-state index contributed by atoms with van der Waals surface area (Å²) in [5, 5.41) is 9.65. The molecule has 1 saturated heterocycles. The third-order valence-corrected chi connectivity index (χ3v) is 4.56. The Morgan fingerprint density at radius 3 is 2.96 bits per heavy atom. The predicted molar refractivity (Wildman–Crippen MR) is 102 cm³/mol. The monoisotopic (exact) mass is 356 g/mol. The van der Waals surface area contributed by atoms with Crippen molar-refractivity contribution < 1.29 is 4.79 Å². The third-order valence-electron chi connectivity index (χ3n) is 4.56. The minimum absolute atomic E-state index is 0.0821. The molecule has 140 valence electrons. The van der Waals surface area contributed by atoms with Crippen molar-refractivity contribution in [3.63, 3.8) is 0 Å². The number of pyridine rings is 1. The molecule has 3 heterocycles. The Bertz CT molecular complexity index is 703. The maximum atomic E-state index is 12.2. The molecule has 1 aliphatic heterocycles. The molecule has 3 N–H and O–H groups in total. The molecule has 0 bridgehead atoms. The SMILES string of the molecule is CC(C)c1nccn1CCCNC(=O)c1ccc(N[C@@H]2CCNC2)nc1. The van der Waals surface area contributed by atoms with E-state index < -0.39 is 0 Å². The molecule has 7 heteroatoms. The van der Waals surface area contributed by atoms with Crippen LogP contribution >= 0.6 is 0 Å². The average molecular weight is 356 g/mol. The highest BCUT2D eigenvalue weighted by Crippen LogP contribution is 2.12. The maximum absolute atomic E-state index is 12.2. The summed E-state index contributed by atoms with van der Waals surface area (Å²) in [6, 6.07) is 4.11. The summed E-state index contributed by atoms with van der Waals surface area (Å²) in [5.74, 6) is 2.22. The van der Waals surface area contributed by atoms with Crippen LogP contribution in [0.3, 0.4) is 0 Å². The highest BCUT2D eigenvalue weighted by atomic mass is 16.1. The first-order valence-electron chi connectivity index (χ1n) is 9.36. The van der Waals surface area contributed by atoms with Crippen LogP contribution in [-0.2, 0) is 6.54 Å². The van der Waals surface area contributed by atoms with Gasteiger partial charge in [0, 0.05) is 50.2 Å². The van der Waals surface area contributed by atoms with Crippen LogP contribution in [-0.4, -0.2) is 46.1 Å². The first-order valence-corrected chi connectivity index (χ1v) is 9.36. The lowest BCUT2D eigenvalue weighted by atomic mass is 10.2. The number of carbonyl (C=O) groups excluding carboxylic acids is 1. The van der Waals surface area contributed by atoms with Gasteiger partial charge in [-0.2, -0.15) is 0 Å². The number of anilines is 1. The second kappa shape index (κ2) is 8.80. The molecule has 0 radical (unpaired) electrons. The number of amides is 1. The number of hydrogen-bond acceptors (Lipinski definition) is 5. The Labute approximate surface area is 154 Å². The van der Waals surface area contributed by atoms with Gasteiger partial charge in [0.05, 0.1) is 5.56 Å². The van der Waals surface area contributed by atoms with Crippen LogP contribution < -0.4 is 16.0 Å². The zero-order valence-corrected chi connectivity index (χ0v) is 15.5. The molecule has 0 unspecified atom stereocenters. The van der Waals surface area contributed by atoms with E-state index in [1.165, 1.54) is 0 Å². The number of nitrogens with one attached hydrogen (secondary N) is 3. The van der Waals surface area contributed by atoms with Gasteiger partial charge >= 0.3 is 0 Å². The number of aromatic nitrogens is 3. The number of aryl methyl sites for hydroxylation is 1. The van der Waals surface area contributed by atoms with Crippen LogP contribution in [0.4, 0.5) is 5.82 Å². The van der Waals surface area contributed by atoms with Gasteiger partial charge in [-0.1, -0.05) is 13.8 Å². The van der Waals surface area contributed by atoms with E-state index in [9.17, 15) is 4.79 Å². The molecule has 0 aliphatic carbocycles. The van der Waals surface area contributed by atoms with E-state index in [2.05, 4.69) is 44.3 Å². The molecule has 1 atom stereocenters. The van der Waals surface area contributed by atoms with Gasteiger partial charge in [0.15, 0.2) is 0 Å². The molecule has 1 fully saturated rings. The lowest BCUT2D eigenvalue weighted by Crippen LogP contribution is -2.26. The van der Waals surface area contributed by atoms with Crippen molar-refractivity contribution in [3.05, 3.63) is 42.1 Å². The largest absolute Gasteiger partial charge is 0.366 e. The minimum atomic E-state index is -0.0821. The summed E-state index contributed by atoms with van der Waals surface area (Å²) in [6.45, 7) is 7.74. The van der Waals surface area contributed by atoms with Crippen LogP contribution in [0.5, 0.6) is 0 Å². The van der Waals surface area contributed by atoms with Crippen LogP contribution in [0.25, 0.3) is 0 Å². The number of imidazole rings is 1. The van der Waals surface area contributed by atoms with E-state index in [4.69, 9.17) is 0 Å². The number of carbonyl (C=O) groups is 1. The number of rotatable bonds is 8. The molecule has 7 nitrogen and oxygen atoms in total. The second-order valence-electron chi connectivity index (χ2n) is 7.01. The number of nitrogens with zero attached hydrogens (tertiary/aromatic N) is 3. The van der Waals surface area contributed by atoms with Crippen LogP contribution in [0, 0.1) is 0 Å². The van der Waals surface area contributed by atoms with Gasteiger partial charge in [-0.15, -0.1) is 0 Å². The molecular formula is C19H28N6O. The fourth-order valence-electron chi connectivity index (χ4n) is 3.16. The van der Waals surface area contributed by atoms with Crippen molar-refractivity contribution in [3.8, 4) is 0 Å². The zero-order chi connectivity index (χ0) is 18.4. The van der Waals surface area contributed by atoms with Crippen molar-refractivity contribution in [1.82, 2.24) is 25.2 Å². The quantitative estimate of drug-likeness (QED) is 0.630. The fraction of sp³-hybridized carbons (Fsp3) is 0.526. The Morgan fingerprint density at radius 1 is 1.38 bits per heavy atom. The normalized spacial score (nSPS) is 16.8. The summed E-state index contributed by atoms with van der Waals surface area (Å²) in [4.78, 5) is 21.0. The Kier molecular flexibility index (Phi) is 6.22. The second-order valence-corrected chi connectivity index (χ2v) is 7.01. The fourth-order valence-corrected chi connectivity index (χ4v) is 3.16. The molecular weight excluding hydrogens is 328 g/mol. The molecule has 1 aliphatic rings. The highest BCUT2D eigenvalue weighted by Gasteiger charge is 2.14. The van der Waals surface area contributed by atoms with Crippen molar-refractivity contribution in [2.24, 2.45) is 0 Å². The highest BCUT2D eigenvalue weighted by molar-refractivity contribution is 5.94. The van der Waals surface area contributed by atoms with Crippen molar-refractivity contribution in [2.75, 3.05) is 25.0 Å². The molecule has 1 amide bonds. The lowest BCUT2D eigenvalue weighted by molar-refractivity contribution is 0.0952. The van der Waals surface area contributed by atoms with Gasteiger partial charge < -0.3 is 20.5 Å². The van der Waals surface area contributed by atoms with E-state index in [1.54, 1.807) is 6.20 Å². The topological polar surface area (TPSA) is 83.9 Å². The predicted octanol–water partition coefficient (Wildman–Crippen LogP) is 2.00. The minimum Gasteiger partial charge on any atom is -0.366 e. The van der Waals surface area contributed by atoms with Crippen molar-refractivity contribution in [1.29, 1.82) is 0 Å². The van der Waals surface area contributed by atoms with E-state index in [1.807, 2.05) is 24.5 Å². The summed E-state index contributed by atoms with van der Waals surface area (Å²) in [5.41, 5.74) is 0.589.